The van der Waals surface area contributed by atoms with Crippen molar-refractivity contribution in [2.75, 3.05) is 13.2 Å². The van der Waals surface area contributed by atoms with Crippen LogP contribution < -0.4 is 16.0 Å². The third-order valence-electron chi connectivity index (χ3n) is 7.43. The Kier molecular flexibility index (Phi) is 7.04. The molecule has 0 aromatic carbocycles. The first-order valence-electron chi connectivity index (χ1n) is 11.5. The number of amides is 2. The standard InChI is InChI=1S/C21H30ClF4N3O4/c22-14-3-1-12(7-15(14)23)9-32-18(31)29-20-6-5-19(10-20,11-20)28-17(30)16-4-2-13(8-27-16)33-21(24,25)26/h12-16,27H,1-11H2,(H,28,30)(H,29,31). The molecule has 1 heterocycles. The van der Waals surface area contributed by atoms with Crippen LogP contribution in [0.3, 0.4) is 0 Å². The fourth-order valence-corrected chi connectivity index (χ4v) is 6.06. The molecule has 1 aliphatic heterocycles. The number of alkyl halides is 5. The molecule has 12 heteroatoms. The van der Waals surface area contributed by atoms with E-state index in [4.69, 9.17) is 16.3 Å². The zero-order chi connectivity index (χ0) is 23.9. The van der Waals surface area contributed by atoms with Crippen molar-refractivity contribution in [3.05, 3.63) is 0 Å². The van der Waals surface area contributed by atoms with Crippen molar-refractivity contribution in [1.29, 1.82) is 0 Å². The first-order chi connectivity index (χ1) is 15.5. The number of ether oxygens (including phenoxy) is 2. The largest absolute Gasteiger partial charge is 0.522 e. The van der Waals surface area contributed by atoms with Gasteiger partial charge in [-0.1, -0.05) is 0 Å². The van der Waals surface area contributed by atoms with Crippen LogP contribution in [0.4, 0.5) is 22.4 Å². The van der Waals surface area contributed by atoms with Gasteiger partial charge in [-0.2, -0.15) is 0 Å². The lowest BCUT2D eigenvalue weighted by Gasteiger charge is -2.48. The van der Waals surface area contributed by atoms with E-state index >= 15 is 0 Å². The lowest BCUT2D eigenvalue weighted by atomic mass is 9.71. The summed E-state index contributed by atoms with van der Waals surface area (Å²) in [5.74, 6) is -0.278. The number of fused-ring (bicyclic) bond motifs is 1. The SMILES string of the molecule is O=C(NC12CCC(NC(=O)C3CCC(OC(F)(F)F)CN3)(C1)C2)OCC1CCC(Cl)C(F)C1. The molecular formula is C21H30ClF4N3O4. The number of rotatable bonds is 6. The van der Waals surface area contributed by atoms with E-state index in [0.29, 0.717) is 38.5 Å². The highest BCUT2D eigenvalue weighted by Gasteiger charge is 2.62. The lowest BCUT2D eigenvalue weighted by Crippen LogP contribution is -2.66. The molecule has 0 aromatic heterocycles. The van der Waals surface area contributed by atoms with Gasteiger partial charge in [0.05, 0.1) is 24.1 Å². The van der Waals surface area contributed by atoms with Crippen LogP contribution in [0.1, 0.15) is 57.8 Å². The second-order valence-electron chi connectivity index (χ2n) is 10.1. The van der Waals surface area contributed by atoms with Crippen molar-refractivity contribution in [2.45, 2.75) is 98.9 Å². The van der Waals surface area contributed by atoms with Crippen molar-refractivity contribution in [3.63, 3.8) is 0 Å². The number of hydrogen-bond donors (Lipinski definition) is 3. The molecule has 4 aliphatic carbocycles. The van der Waals surface area contributed by atoms with Gasteiger partial charge in [-0.3, -0.25) is 9.53 Å². The number of halogens is 5. The summed E-state index contributed by atoms with van der Waals surface area (Å²) in [7, 11) is 0. The van der Waals surface area contributed by atoms with Gasteiger partial charge < -0.3 is 20.7 Å². The molecule has 4 saturated carbocycles. The first kappa shape index (κ1) is 24.8. The maximum Gasteiger partial charge on any atom is 0.522 e. The smallest absolute Gasteiger partial charge is 0.449 e. The molecule has 2 amide bonds. The molecule has 5 aliphatic rings. The number of nitrogens with one attached hydrogen (secondary N) is 3. The Labute approximate surface area is 194 Å². The summed E-state index contributed by atoms with van der Waals surface area (Å²) in [6.07, 6.45) is -2.76. The number of carbonyl (C=O) groups is 2. The Morgan fingerprint density at radius 2 is 1.76 bits per heavy atom. The molecule has 33 heavy (non-hydrogen) atoms. The van der Waals surface area contributed by atoms with Crippen molar-refractivity contribution in [1.82, 2.24) is 16.0 Å². The van der Waals surface area contributed by atoms with E-state index in [0.717, 1.165) is 6.42 Å². The maximum absolute atomic E-state index is 13.7. The predicted octanol–water partition coefficient (Wildman–Crippen LogP) is 3.30. The van der Waals surface area contributed by atoms with Crippen molar-refractivity contribution >= 4 is 23.6 Å². The molecule has 0 spiro atoms. The lowest BCUT2D eigenvalue weighted by molar-refractivity contribution is -0.343. The minimum atomic E-state index is -4.69. The van der Waals surface area contributed by atoms with Crippen LogP contribution in [0, 0.1) is 5.92 Å². The molecule has 2 bridgehead atoms. The number of hydrogen-bond acceptors (Lipinski definition) is 5. The Morgan fingerprint density at radius 1 is 1.06 bits per heavy atom. The molecule has 7 nitrogen and oxygen atoms in total. The predicted molar refractivity (Wildman–Crippen MR) is 110 cm³/mol. The van der Waals surface area contributed by atoms with Crippen molar-refractivity contribution in [2.24, 2.45) is 5.92 Å². The van der Waals surface area contributed by atoms with Crippen molar-refractivity contribution in [3.8, 4) is 0 Å². The summed E-state index contributed by atoms with van der Waals surface area (Å²) in [5, 5.41) is 8.31. The van der Waals surface area contributed by atoms with Gasteiger partial charge in [0.25, 0.3) is 0 Å². The highest BCUT2D eigenvalue weighted by atomic mass is 35.5. The molecule has 3 N–H and O–H groups in total. The Hall–Kier alpha value is -1.33. The summed E-state index contributed by atoms with van der Waals surface area (Å²) in [4.78, 5) is 24.9. The summed E-state index contributed by atoms with van der Waals surface area (Å²) < 4.78 is 60.1. The molecule has 5 rings (SSSR count). The second kappa shape index (κ2) is 9.37. The first-order valence-corrected chi connectivity index (χ1v) is 11.9. The summed E-state index contributed by atoms with van der Waals surface area (Å²) in [6.45, 7) is 0.109. The zero-order valence-electron chi connectivity index (χ0n) is 18.2. The third kappa shape index (κ3) is 6.03. The van der Waals surface area contributed by atoms with Crippen LogP contribution in [0.25, 0.3) is 0 Å². The van der Waals surface area contributed by atoms with Crippen LogP contribution >= 0.6 is 11.6 Å². The van der Waals surface area contributed by atoms with Crippen LogP contribution in [-0.2, 0) is 14.3 Å². The van der Waals surface area contributed by atoms with Crippen LogP contribution in [0.2, 0.25) is 0 Å². The molecular weight excluding hydrogens is 470 g/mol. The summed E-state index contributed by atoms with van der Waals surface area (Å²) in [5.41, 5.74) is -0.835. The van der Waals surface area contributed by atoms with E-state index in [1.165, 1.54) is 0 Å². The normalized spacial score (nSPS) is 40.6. The highest BCUT2D eigenvalue weighted by Crippen LogP contribution is 2.55. The zero-order valence-corrected chi connectivity index (χ0v) is 18.9. The summed E-state index contributed by atoms with van der Waals surface area (Å²) in [6, 6.07) is -0.566. The van der Waals surface area contributed by atoms with Gasteiger partial charge in [0.2, 0.25) is 5.91 Å². The number of carbonyl (C=O) groups excluding carboxylic acids is 2. The average Bonchev–Trinajstić information content (AvgIpc) is 3.23. The summed E-state index contributed by atoms with van der Waals surface area (Å²) >= 11 is 5.88. The molecule has 0 aromatic rings. The van der Waals surface area contributed by atoms with Gasteiger partial charge in [-0.15, -0.1) is 24.8 Å². The van der Waals surface area contributed by atoms with E-state index in [1.807, 2.05) is 0 Å². The van der Waals surface area contributed by atoms with Gasteiger partial charge in [-0.05, 0) is 63.7 Å². The Balaban J connectivity index is 1.17. The van der Waals surface area contributed by atoms with Gasteiger partial charge in [0, 0.05) is 17.6 Å². The molecule has 1 saturated heterocycles. The molecule has 188 valence electrons. The van der Waals surface area contributed by atoms with Gasteiger partial charge in [-0.25, -0.2) is 9.18 Å². The number of alkyl carbamates (subject to hydrolysis) is 1. The highest BCUT2D eigenvalue weighted by molar-refractivity contribution is 6.21. The number of piperidine rings is 1. The van der Waals surface area contributed by atoms with E-state index in [2.05, 4.69) is 20.7 Å². The van der Waals surface area contributed by atoms with Gasteiger partial charge in [0.1, 0.15) is 6.17 Å². The van der Waals surface area contributed by atoms with Gasteiger partial charge >= 0.3 is 12.5 Å². The third-order valence-corrected chi connectivity index (χ3v) is 7.92. The monoisotopic (exact) mass is 499 g/mol. The maximum atomic E-state index is 13.7. The Morgan fingerprint density at radius 3 is 2.36 bits per heavy atom. The second-order valence-corrected chi connectivity index (χ2v) is 10.6. The molecule has 5 unspecified atom stereocenters. The van der Waals surface area contributed by atoms with E-state index in [-0.39, 0.29) is 37.8 Å². The topological polar surface area (TPSA) is 88.7 Å². The van der Waals surface area contributed by atoms with E-state index in [9.17, 15) is 27.2 Å². The fourth-order valence-electron chi connectivity index (χ4n) is 5.83. The van der Waals surface area contributed by atoms with Crippen LogP contribution in [0.15, 0.2) is 0 Å². The van der Waals surface area contributed by atoms with E-state index < -0.39 is 47.2 Å². The van der Waals surface area contributed by atoms with Crippen LogP contribution in [0.5, 0.6) is 0 Å². The van der Waals surface area contributed by atoms with Crippen LogP contribution in [-0.4, -0.2) is 66.3 Å². The fraction of sp³-hybridized carbons (Fsp3) is 0.905. The van der Waals surface area contributed by atoms with E-state index in [1.54, 1.807) is 0 Å². The Bertz CT molecular complexity index is 742. The molecule has 5 fully saturated rings. The van der Waals surface area contributed by atoms with Gasteiger partial charge in [0.15, 0.2) is 0 Å². The average molecular weight is 500 g/mol. The quantitative estimate of drug-likeness (QED) is 0.385. The minimum absolute atomic E-state index is 0.0364. The molecule has 5 atom stereocenters. The minimum Gasteiger partial charge on any atom is -0.449 e. The van der Waals surface area contributed by atoms with Crippen molar-refractivity contribution < 1.29 is 36.6 Å². The molecule has 0 radical (unpaired) electrons.